The third-order valence-electron chi connectivity index (χ3n) is 2.25. The van der Waals surface area contributed by atoms with Crippen LogP contribution in [0.25, 0.3) is 11.3 Å². The molecule has 2 aromatic rings. The van der Waals surface area contributed by atoms with E-state index in [1.807, 2.05) is 13.0 Å². The predicted molar refractivity (Wildman–Crippen MR) is 60.9 cm³/mol. The van der Waals surface area contributed by atoms with Gasteiger partial charge in [-0.2, -0.15) is 0 Å². The molecule has 0 radical (unpaired) electrons. The number of nitrogens with zero attached hydrogens (tertiary/aromatic N) is 1. The van der Waals surface area contributed by atoms with E-state index >= 15 is 0 Å². The molecule has 0 saturated heterocycles. The fourth-order valence-corrected chi connectivity index (χ4v) is 1.52. The summed E-state index contributed by atoms with van der Waals surface area (Å²) in [5, 5.41) is -0.317. The molecule has 0 spiro atoms. The third-order valence-corrected chi connectivity index (χ3v) is 2.44. The Morgan fingerprint density at radius 1 is 1.44 bits per heavy atom. The highest BCUT2D eigenvalue weighted by Gasteiger charge is 2.13. The number of aryl methyl sites for hydroxylation is 1. The lowest BCUT2D eigenvalue weighted by molar-refractivity contribution is 0.504. The first-order valence-electron chi connectivity index (χ1n) is 4.94. The highest BCUT2D eigenvalue weighted by Crippen LogP contribution is 2.27. The zero-order valence-corrected chi connectivity index (χ0v) is 9.75. The number of hydrogen-bond acceptors (Lipinski definition) is 2. The van der Waals surface area contributed by atoms with Gasteiger partial charge in [0.25, 0.3) is 0 Å². The summed E-state index contributed by atoms with van der Waals surface area (Å²) in [5.74, 6) is 0.488. The van der Waals surface area contributed by atoms with Crippen LogP contribution in [0.1, 0.15) is 23.8 Å². The van der Waals surface area contributed by atoms with Crippen molar-refractivity contribution in [1.82, 2.24) is 4.98 Å². The first kappa shape index (κ1) is 11.1. The number of benzene rings is 1. The summed E-state index contributed by atoms with van der Waals surface area (Å²) in [5.41, 5.74) is 1.27. The molecule has 0 aliphatic carbocycles. The van der Waals surface area contributed by atoms with Gasteiger partial charge in [-0.3, -0.25) is 0 Å². The van der Waals surface area contributed by atoms with E-state index in [4.69, 9.17) is 16.0 Å². The molecule has 84 valence electrons. The summed E-state index contributed by atoms with van der Waals surface area (Å²) in [4.78, 5) is 3.99. The van der Waals surface area contributed by atoms with Gasteiger partial charge in [-0.1, -0.05) is 6.07 Å². The lowest BCUT2D eigenvalue weighted by Gasteiger charge is -2.00. The Labute approximate surface area is 98.1 Å². The van der Waals surface area contributed by atoms with Gasteiger partial charge in [-0.25, -0.2) is 9.37 Å². The highest BCUT2D eigenvalue weighted by molar-refractivity contribution is 6.20. The van der Waals surface area contributed by atoms with E-state index in [0.29, 0.717) is 17.2 Å². The van der Waals surface area contributed by atoms with E-state index < -0.39 is 0 Å². The normalized spacial score (nSPS) is 12.8. The molecule has 2 rings (SSSR count). The molecule has 1 heterocycles. The van der Waals surface area contributed by atoms with Crippen LogP contribution in [0.2, 0.25) is 0 Å². The van der Waals surface area contributed by atoms with Crippen molar-refractivity contribution in [1.29, 1.82) is 0 Å². The number of rotatable bonds is 2. The molecular weight excluding hydrogens is 229 g/mol. The Balaban J connectivity index is 2.42. The van der Waals surface area contributed by atoms with E-state index in [-0.39, 0.29) is 11.2 Å². The van der Waals surface area contributed by atoms with Gasteiger partial charge in [0.05, 0.1) is 11.8 Å². The molecule has 16 heavy (non-hydrogen) atoms. The van der Waals surface area contributed by atoms with Crippen molar-refractivity contribution in [3.8, 4) is 11.3 Å². The number of aromatic nitrogens is 1. The number of hydrogen-bond donors (Lipinski definition) is 0. The third kappa shape index (κ3) is 2.09. The molecule has 1 atom stereocenters. The zero-order chi connectivity index (χ0) is 11.7. The van der Waals surface area contributed by atoms with Crippen LogP contribution in [0.5, 0.6) is 0 Å². The van der Waals surface area contributed by atoms with Gasteiger partial charge in [0.2, 0.25) is 5.89 Å². The summed E-state index contributed by atoms with van der Waals surface area (Å²) < 4.78 is 19.0. The molecule has 2 nitrogen and oxygen atoms in total. The summed E-state index contributed by atoms with van der Waals surface area (Å²) >= 11 is 5.82. The van der Waals surface area contributed by atoms with Crippen LogP contribution in [0.4, 0.5) is 4.39 Å². The van der Waals surface area contributed by atoms with Crippen LogP contribution in [-0.2, 0) is 0 Å². The molecule has 0 bridgehead atoms. The second-order valence-electron chi connectivity index (χ2n) is 3.66. The minimum Gasteiger partial charge on any atom is -0.439 e. The highest BCUT2D eigenvalue weighted by atomic mass is 35.5. The van der Waals surface area contributed by atoms with Gasteiger partial charge in [0.1, 0.15) is 11.2 Å². The van der Waals surface area contributed by atoms with Crippen molar-refractivity contribution in [2.45, 2.75) is 19.2 Å². The van der Waals surface area contributed by atoms with Crippen molar-refractivity contribution in [3.63, 3.8) is 0 Å². The van der Waals surface area contributed by atoms with Gasteiger partial charge in [-0.05, 0) is 31.5 Å². The summed E-state index contributed by atoms with van der Waals surface area (Å²) in [6.07, 6.45) is 1.49. The van der Waals surface area contributed by atoms with Gasteiger partial charge in [0.15, 0.2) is 5.76 Å². The van der Waals surface area contributed by atoms with E-state index in [1.54, 1.807) is 13.0 Å². The first-order valence-corrected chi connectivity index (χ1v) is 5.38. The van der Waals surface area contributed by atoms with Crippen molar-refractivity contribution in [2.75, 3.05) is 0 Å². The predicted octanol–water partition coefficient (Wildman–Crippen LogP) is 4.09. The maximum absolute atomic E-state index is 13.6. The quantitative estimate of drug-likeness (QED) is 0.738. The summed E-state index contributed by atoms with van der Waals surface area (Å²) in [6.45, 7) is 3.59. The Bertz CT molecular complexity index is 507. The largest absolute Gasteiger partial charge is 0.439 e. The molecule has 0 aliphatic rings. The minimum absolute atomic E-state index is 0.315. The Morgan fingerprint density at radius 2 is 2.19 bits per heavy atom. The maximum atomic E-state index is 13.6. The van der Waals surface area contributed by atoms with Crippen molar-refractivity contribution < 1.29 is 8.81 Å². The lowest BCUT2D eigenvalue weighted by Crippen LogP contribution is -1.84. The zero-order valence-electron chi connectivity index (χ0n) is 9.00. The van der Waals surface area contributed by atoms with E-state index in [9.17, 15) is 4.39 Å². The maximum Gasteiger partial charge on any atom is 0.212 e. The average Bonchev–Trinajstić information content (AvgIpc) is 2.66. The SMILES string of the molecule is Cc1ccc(-c2cnc(C(C)Cl)o2)c(F)c1. The molecule has 0 amide bonds. The topological polar surface area (TPSA) is 26.0 Å². The second kappa shape index (κ2) is 4.26. The van der Waals surface area contributed by atoms with Gasteiger partial charge in [0, 0.05) is 0 Å². The fourth-order valence-electron chi connectivity index (χ4n) is 1.42. The number of oxazole rings is 1. The molecule has 1 aromatic heterocycles. The van der Waals surface area contributed by atoms with E-state index in [2.05, 4.69) is 4.98 Å². The Hall–Kier alpha value is -1.35. The van der Waals surface area contributed by atoms with Crippen molar-refractivity contribution in [2.24, 2.45) is 0 Å². The standard InChI is InChI=1S/C12H11ClFNO/c1-7-3-4-9(10(14)5-7)11-6-15-12(16-11)8(2)13/h3-6,8H,1-2H3. The molecule has 0 aliphatic heterocycles. The molecule has 1 aromatic carbocycles. The molecule has 0 saturated carbocycles. The second-order valence-corrected chi connectivity index (χ2v) is 4.32. The molecule has 4 heteroatoms. The van der Waals surface area contributed by atoms with Gasteiger partial charge in [-0.15, -0.1) is 11.6 Å². The van der Waals surface area contributed by atoms with Gasteiger partial charge < -0.3 is 4.42 Å². The fraction of sp³-hybridized carbons (Fsp3) is 0.250. The van der Waals surface area contributed by atoms with Crippen LogP contribution in [-0.4, -0.2) is 4.98 Å². The van der Waals surface area contributed by atoms with Crippen LogP contribution >= 0.6 is 11.6 Å². The lowest BCUT2D eigenvalue weighted by atomic mass is 10.1. The van der Waals surface area contributed by atoms with Crippen LogP contribution in [0.3, 0.4) is 0 Å². The monoisotopic (exact) mass is 239 g/mol. The molecular formula is C12H11ClFNO. The number of halogens is 2. The minimum atomic E-state index is -0.317. The summed E-state index contributed by atoms with van der Waals surface area (Å²) in [6, 6.07) is 4.96. The Kier molecular flexibility index (Phi) is 2.97. The molecule has 0 fully saturated rings. The molecule has 0 N–H and O–H groups in total. The van der Waals surface area contributed by atoms with Gasteiger partial charge >= 0.3 is 0 Å². The summed E-state index contributed by atoms with van der Waals surface area (Å²) in [7, 11) is 0. The van der Waals surface area contributed by atoms with Crippen molar-refractivity contribution >= 4 is 11.6 Å². The van der Waals surface area contributed by atoms with Crippen LogP contribution < -0.4 is 0 Å². The van der Waals surface area contributed by atoms with E-state index in [0.717, 1.165) is 5.56 Å². The average molecular weight is 240 g/mol. The molecule has 1 unspecified atom stereocenters. The first-order chi connectivity index (χ1) is 7.58. The van der Waals surface area contributed by atoms with Crippen LogP contribution in [0, 0.1) is 12.7 Å². The Morgan fingerprint density at radius 3 is 2.75 bits per heavy atom. The smallest absolute Gasteiger partial charge is 0.212 e. The number of alkyl halides is 1. The van der Waals surface area contributed by atoms with E-state index in [1.165, 1.54) is 12.3 Å². The van der Waals surface area contributed by atoms with Crippen molar-refractivity contribution in [3.05, 3.63) is 41.7 Å². The van der Waals surface area contributed by atoms with Crippen LogP contribution in [0.15, 0.2) is 28.8 Å².